The van der Waals surface area contributed by atoms with Crippen molar-refractivity contribution in [2.75, 3.05) is 33.4 Å². The van der Waals surface area contributed by atoms with Crippen molar-refractivity contribution in [3.8, 4) is 0 Å². The van der Waals surface area contributed by atoms with Crippen LogP contribution in [0, 0.1) is 0 Å². The number of aliphatic imine (C=N–C) groups is 1. The van der Waals surface area contributed by atoms with Crippen molar-refractivity contribution in [3.05, 3.63) is 34.9 Å². The standard InChI is InChI=1S/C15H24ClN3O2.HI/c1-3-21-10-6-9-18-15(17)19-11-14(20-2)12-7-4-5-8-13(12)16;/h4-5,7-8,14H,3,6,9-11H2,1-2H3,(H3,17,18,19);1H. The van der Waals surface area contributed by atoms with Crippen LogP contribution in [0.1, 0.15) is 25.0 Å². The molecule has 0 saturated heterocycles. The van der Waals surface area contributed by atoms with Gasteiger partial charge in [-0.05, 0) is 19.4 Å². The van der Waals surface area contributed by atoms with E-state index in [1.165, 1.54) is 0 Å². The zero-order chi connectivity index (χ0) is 15.5. The summed E-state index contributed by atoms with van der Waals surface area (Å²) in [6.07, 6.45) is 0.685. The van der Waals surface area contributed by atoms with Crippen LogP contribution < -0.4 is 11.1 Å². The topological polar surface area (TPSA) is 68.9 Å². The molecule has 0 saturated carbocycles. The Kier molecular flexibility index (Phi) is 12.6. The predicted octanol–water partition coefficient (Wildman–Crippen LogP) is 2.98. The van der Waals surface area contributed by atoms with E-state index >= 15 is 0 Å². The van der Waals surface area contributed by atoms with Crippen molar-refractivity contribution in [2.24, 2.45) is 10.7 Å². The molecule has 0 aromatic heterocycles. The number of hydrogen-bond acceptors (Lipinski definition) is 3. The maximum atomic E-state index is 6.16. The number of nitrogens with one attached hydrogen (secondary N) is 1. The number of ether oxygens (including phenoxy) is 2. The van der Waals surface area contributed by atoms with Gasteiger partial charge in [0.15, 0.2) is 5.96 Å². The average Bonchev–Trinajstić information content (AvgIpc) is 2.49. The molecule has 22 heavy (non-hydrogen) atoms. The first-order valence-electron chi connectivity index (χ1n) is 7.07. The van der Waals surface area contributed by atoms with Gasteiger partial charge in [-0.15, -0.1) is 24.0 Å². The van der Waals surface area contributed by atoms with Crippen molar-refractivity contribution >= 4 is 41.5 Å². The van der Waals surface area contributed by atoms with E-state index in [1.54, 1.807) is 7.11 Å². The number of benzene rings is 1. The first-order valence-corrected chi connectivity index (χ1v) is 7.45. The summed E-state index contributed by atoms with van der Waals surface area (Å²) in [7, 11) is 1.63. The molecule has 1 atom stereocenters. The van der Waals surface area contributed by atoms with Gasteiger partial charge in [-0.2, -0.15) is 0 Å². The SMILES string of the molecule is CCOCCCNC(N)=NCC(OC)c1ccccc1Cl.I. The Morgan fingerprint density at radius 3 is 2.77 bits per heavy atom. The van der Waals surface area contributed by atoms with E-state index in [1.807, 2.05) is 31.2 Å². The fourth-order valence-corrected chi connectivity index (χ4v) is 2.07. The summed E-state index contributed by atoms with van der Waals surface area (Å²) in [5.41, 5.74) is 6.73. The fourth-order valence-electron chi connectivity index (χ4n) is 1.81. The largest absolute Gasteiger partial charge is 0.382 e. The predicted molar refractivity (Wildman–Crippen MR) is 102 cm³/mol. The van der Waals surface area contributed by atoms with Crippen molar-refractivity contribution in [2.45, 2.75) is 19.4 Å². The van der Waals surface area contributed by atoms with Gasteiger partial charge in [-0.25, -0.2) is 0 Å². The molecule has 1 aromatic carbocycles. The van der Waals surface area contributed by atoms with Crippen LogP contribution in [0.3, 0.4) is 0 Å². The highest BCUT2D eigenvalue weighted by atomic mass is 127. The third-order valence-corrected chi connectivity index (χ3v) is 3.28. The van der Waals surface area contributed by atoms with Crippen LogP contribution in [0.5, 0.6) is 0 Å². The monoisotopic (exact) mass is 441 g/mol. The molecule has 0 bridgehead atoms. The number of halogens is 2. The second kappa shape index (κ2) is 12.9. The van der Waals surface area contributed by atoms with Gasteiger partial charge in [0.05, 0.1) is 6.54 Å². The van der Waals surface area contributed by atoms with Gasteiger partial charge in [0.2, 0.25) is 0 Å². The Bertz CT molecular complexity index is 447. The third-order valence-electron chi connectivity index (χ3n) is 2.94. The van der Waals surface area contributed by atoms with Crippen LogP contribution in [0.2, 0.25) is 5.02 Å². The van der Waals surface area contributed by atoms with E-state index in [9.17, 15) is 0 Å². The molecule has 1 rings (SSSR count). The van der Waals surface area contributed by atoms with E-state index in [2.05, 4.69) is 10.3 Å². The lowest BCUT2D eigenvalue weighted by Crippen LogP contribution is -2.33. The zero-order valence-electron chi connectivity index (χ0n) is 13.0. The van der Waals surface area contributed by atoms with E-state index in [4.69, 9.17) is 26.8 Å². The number of hydrogen-bond donors (Lipinski definition) is 2. The molecule has 1 unspecified atom stereocenters. The van der Waals surface area contributed by atoms with Gasteiger partial charge in [-0.3, -0.25) is 4.99 Å². The molecule has 3 N–H and O–H groups in total. The van der Waals surface area contributed by atoms with Gasteiger partial charge >= 0.3 is 0 Å². The quantitative estimate of drug-likeness (QED) is 0.268. The molecular weight excluding hydrogens is 417 g/mol. The van der Waals surface area contributed by atoms with E-state index in [0.717, 1.165) is 31.7 Å². The van der Waals surface area contributed by atoms with Gasteiger partial charge in [0.1, 0.15) is 6.10 Å². The highest BCUT2D eigenvalue weighted by molar-refractivity contribution is 14.0. The van der Waals surface area contributed by atoms with E-state index in [-0.39, 0.29) is 30.1 Å². The average molecular weight is 442 g/mol. The van der Waals surface area contributed by atoms with Crippen molar-refractivity contribution in [1.82, 2.24) is 5.32 Å². The minimum Gasteiger partial charge on any atom is -0.382 e. The molecule has 0 amide bonds. The number of nitrogens with two attached hydrogens (primary N) is 1. The lowest BCUT2D eigenvalue weighted by molar-refractivity contribution is 0.111. The Morgan fingerprint density at radius 1 is 1.41 bits per heavy atom. The molecule has 0 aliphatic carbocycles. The van der Waals surface area contributed by atoms with Crippen LogP contribution in [0.4, 0.5) is 0 Å². The molecule has 0 spiro atoms. The summed E-state index contributed by atoms with van der Waals surface area (Å²) in [4.78, 5) is 4.29. The third kappa shape index (κ3) is 8.17. The smallest absolute Gasteiger partial charge is 0.188 e. The summed E-state index contributed by atoms with van der Waals surface area (Å²) in [5, 5.41) is 3.72. The molecule has 0 aliphatic heterocycles. The molecule has 126 valence electrons. The number of methoxy groups -OCH3 is 1. The van der Waals surface area contributed by atoms with Gasteiger partial charge in [-0.1, -0.05) is 29.8 Å². The summed E-state index contributed by atoms with van der Waals surface area (Å²) < 4.78 is 10.7. The first kappa shape index (κ1) is 21.4. The summed E-state index contributed by atoms with van der Waals surface area (Å²) in [5.74, 6) is 0.403. The molecular formula is C15H25ClIN3O2. The Balaban J connectivity index is 0.00000441. The number of guanidine groups is 1. The molecule has 0 heterocycles. The van der Waals surface area contributed by atoms with E-state index < -0.39 is 0 Å². The Hall–Kier alpha value is -0.570. The lowest BCUT2D eigenvalue weighted by atomic mass is 10.1. The van der Waals surface area contributed by atoms with Crippen molar-refractivity contribution in [3.63, 3.8) is 0 Å². The molecule has 0 aliphatic rings. The number of rotatable bonds is 9. The molecule has 0 radical (unpaired) electrons. The maximum Gasteiger partial charge on any atom is 0.188 e. The van der Waals surface area contributed by atoms with Crippen LogP contribution in [-0.2, 0) is 9.47 Å². The van der Waals surface area contributed by atoms with Gasteiger partial charge < -0.3 is 20.5 Å². The molecule has 7 heteroatoms. The Morgan fingerprint density at radius 2 is 2.14 bits per heavy atom. The summed E-state index contributed by atoms with van der Waals surface area (Å²) >= 11 is 6.16. The Labute approximate surface area is 154 Å². The number of nitrogens with zero attached hydrogens (tertiary/aromatic N) is 1. The fraction of sp³-hybridized carbons (Fsp3) is 0.533. The first-order chi connectivity index (χ1) is 10.2. The van der Waals surface area contributed by atoms with Crippen molar-refractivity contribution < 1.29 is 9.47 Å². The van der Waals surface area contributed by atoms with Gasteiger partial charge in [0.25, 0.3) is 0 Å². The molecule has 0 fully saturated rings. The minimum absolute atomic E-state index is 0. The molecule has 5 nitrogen and oxygen atoms in total. The van der Waals surface area contributed by atoms with Crippen LogP contribution in [0.15, 0.2) is 29.3 Å². The second-order valence-corrected chi connectivity index (χ2v) is 4.86. The van der Waals surface area contributed by atoms with Crippen molar-refractivity contribution in [1.29, 1.82) is 0 Å². The van der Waals surface area contributed by atoms with Crippen LogP contribution in [-0.4, -0.2) is 39.4 Å². The molecule has 1 aromatic rings. The van der Waals surface area contributed by atoms with Crippen LogP contribution in [0.25, 0.3) is 0 Å². The van der Waals surface area contributed by atoms with Crippen LogP contribution >= 0.6 is 35.6 Å². The zero-order valence-corrected chi connectivity index (χ0v) is 16.1. The lowest BCUT2D eigenvalue weighted by Gasteiger charge is -2.15. The normalized spacial score (nSPS) is 12.6. The minimum atomic E-state index is -0.206. The maximum absolute atomic E-state index is 6.16. The summed E-state index contributed by atoms with van der Waals surface area (Å²) in [6, 6.07) is 7.57. The highest BCUT2D eigenvalue weighted by Gasteiger charge is 2.13. The van der Waals surface area contributed by atoms with Gasteiger partial charge in [0, 0.05) is 37.5 Å². The van der Waals surface area contributed by atoms with E-state index in [0.29, 0.717) is 17.5 Å². The second-order valence-electron chi connectivity index (χ2n) is 4.45. The highest BCUT2D eigenvalue weighted by Crippen LogP contribution is 2.24. The summed E-state index contributed by atoms with van der Waals surface area (Å²) in [6.45, 7) is 4.58.